The quantitative estimate of drug-likeness (QED) is 0.0234. The number of amides is 9. The molecule has 506 valence electrons. The molecule has 0 spiro atoms. The fraction of sp³-hybridized carbons (Fsp3) is 0.500. The number of anilines is 3. The SMILES string of the molecule is CC(C)[C@H](NC(=O)CCN1C(=O)C=CC1=O)C(=O)N[C@@H](CCCNC(N)=O)C(=O)Nc1ccc(COC(=O)N2C[C@@H](F)C[C@H]2COC(=O)Nc2ncnc3c2ncn3[C@@H]2OC3COP(O)(=S)O[C@H]4[C@@H](F)[C@H](n5cnc6c(N)ncnc65)O[C@@H]4COP(=O)(S)O[C@H]3[C@H]2F)cc1. The molecule has 4 fully saturated rings. The Hall–Kier alpha value is -8.04. The second-order valence-electron chi connectivity index (χ2n) is 22.1. The Balaban J connectivity index is 0.712. The van der Waals surface area contributed by atoms with Gasteiger partial charge in [-0.15, -0.1) is 0 Å². The van der Waals surface area contributed by atoms with E-state index in [-0.39, 0.29) is 85.0 Å². The Bertz CT molecular complexity index is 3830. The van der Waals surface area contributed by atoms with Crippen molar-refractivity contribution in [2.24, 2.45) is 11.7 Å². The number of rotatable bonds is 20. The number of nitrogens with zero attached hydrogens (tertiary/aromatic N) is 10. The van der Waals surface area contributed by atoms with Crippen LogP contribution in [0.1, 0.15) is 57.6 Å². The van der Waals surface area contributed by atoms with Crippen molar-refractivity contribution in [1.82, 2.24) is 64.8 Å². The van der Waals surface area contributed by atoms with Crippen molar-refractivity contribution in [3.63, 3.8) is 0 Å². The molecule has 0 aliphatic carbocycles. The van der Waals surface area contributed by atoms with Crippen LogP contribution in [0.4, 0.5) is 44.9 Å². The first-order valence-corrected chi connectivity index (χ1v) is 34.1. The molecule has 9 amide bonds. The number of carbonyl (C=O) groups excluding carboxylic acids is 8. The third-order valence-corrected chi connectivity index (χ3v) is 18.5. The van der Waals surface area contributed by atoms with Crippen LogP contribution in [-0.4, -0.2) is 202 Å². The van der Waals surface area contributed by atoms with E-state index in [0.29, 0.717) is 5.56 Å². The summed E-state index contributed by atoms with van der Waals surface area (Å²) < 4.78 is 109. The van der Waals surface area contributed by atoms with Crippen LogP contribution < -0.4 is 38.1 Å². The minimum absolute atomic E-state index is 0.000324. The lowest BCUT2D eigenvalue weighted by molar-refractivity contribution is -0.137. The van der Waals surface area contributed by atoms with Crippen LogP contribution in [0.3, 0.4) is 0 Å². The zero-order valence-electron chi connectivity index (χ0n) is 49.5. The predicted octanol–water partition coefficient (Wildman–Crippen LogP) is 2.42. The molecule has 0 saturated carbocycles. The van der Waals surface area contributed by atoms with Crippen LogP contribution in [0.15, 0.2) is 61.7 Å². The standard InChI is InChI=1S/C52H62F3N17O18P2S2/c1-24(2)37(67-32(73)11-13-69-33(74)9-10-34(69)75)47(77)66-29(4-3-12-58-50(57)78)46(76)65-27-7-5-25(6-8-27)16-84-52(80)70-15-26(53)14-28(70)17-83-51(79)68-43-39-45(62-21-60-43)72(23-64-39)49-36(55)41-31(88-49)19-86-91(81,93)89-40-30(18-85-92(82,94)90-41)87-48(35(40)54)71-22-63-38-42(56)59-20-61-44(38)71/h5-10,20-24,26,28-31,35-37,40-41,48-49H,3-4,11-19H2,1-2H3,(H,65,76)(H,66,77)(H,67,73)(H,81,93)(H,82,94)(H2,56,59,61)(H3,57,58,78)(H,60,62,68,79)/t26-,28-,29-,30+,31?,35+,36+,37-,40+,41+,48+,49+,91?,92?/m0/s1. The number of hydrogen-bond acceptors (Lipinski definition) is 25. The maximum absolute atomic E-state index is 16.8. The molecule has 1 aromatic carbocycles. The van der Waals surface area contributed by atoms with E-state index in [1.54, 1.807) is 13.8 Å². The van der Waals surface area contributed by atoms with E-state index in [1.165, 1.54) is 35.2 Å². The number of thiol groups is 1. The summed E-state index contributed by atoms with van der Waals surface area (Å²) in [5.74, 6) is -3.88. The number of imidazole rings is 2. The number of alkyl halides is 3. The molecule has 5 aliphatic heterocycles. The summed E-state index contributed by atoms with van der Waals surface area (Å²) in [6, 6.07) is 1.88. The second-order valence-corrected chi connectivity index (χ2v) is 27.8. The van der Waals surface area contributed by atoms with E-state index < -0.39 is 167 Å². The van der Waals surface area contributed by atoms with E-state index in [4.69, 9.17) is 60.3 Å². The molecular formula is C52H62F3N17O18P2S2. The Morgan fingerprint density at radius 3 is 2.12 bits per heavy atom. The molecule has 5 aromatic rings. The molecular weight excluding hydrogens is 1330 g/mol. The molecule has 14 atom stereocenters. The van der Waals surface area contributed by atoms with Gasteiger partial charge in [-0.05, 0) is 48.3 Å². The molecule has 5 aliphatic rings. The van der Waals surface area contributed by atoms with Crippen LogP contribution in [0.5, 0.6) is 0 Å². The van der Waals surface area contributed by atoms with Gasteiger partial charge in [0.1, 0.15) is 74.1 Å². The number of nitrogen functional groups attached to an aromatic ring is 1. The lowest BCUT2D eigenvalue weighted by Crippen LogP contribution is -2.54. The highest BCUT2D eigenvalue weighted by Gasteiger charge is 2.54. The minimum atomic E-state index is -4.60. The highest BCUT2D eigenvalue weighted by atomic mass is 32.7. The van der Waals surface area contributed by atoms with Crippen molar-refractivity contribution in [2.45, 2.75) is 120 Å². The Kier molecular flexibility index (Phi) is 21.5. The topological polar surface area (TPSA) is 454 Å². The molecule has 10 rings (SSSR count). The Labute approximate surface area is 540 Å². The van der Waals surface area contributed by atoms with E-state index in [1.807, 2.05) is 0 Å². The first kappa shape index (κ1) is 68.8. The van der Waals surface area contributed by atoms with Crippen molar-refractivity contribution < 1.29 is 98.0 Å². The summed E-state index contributed by atoms with van der Waals surface area (Å²) in [5.41, 5.74) is 11.7. The normalized spacial score (nSPS) is 27.7. The molecule has 9 heterocycles. The smallest absolute Gasteiger partial charge is 0.412 e. The number of fused-ring (bicyclic) bond motifs is 4. The average Bonchev–Trinajstić information content (AvgIpc) is 1.62. The Morgan fingerprint density at radius 1 is 0.830 bits per heavy atom. The maximum atomic E-state index is 16.8. The number of nitrogens with one attached hydrogen (secondary N) is 5. The molecule has 3 unspecified atom stereocenters. The largest absolute Gasteiger partial charge is 0.447 e. The van der Waals surface area contributed by atoms with Crippen LogP contribution in [0.2, 0.25) is 0 Å². The van der Waals surface area contributed by atoms with Gasteiger partial charge in [0.05, 0.1) is 38.5 Å². The molecule has 4 aromatic heterocycles. The summed E-state index contributed by atoms with van der Waals surface area (Å²) in [4.78, 5) is 140. The van der Waals surface area contributed by atoms with Gasteiger partial charge in [0.2, 0.25) is 17.7 Å². The number of carbonyl (C=O) groups is 8. The lowest BCUT2D eigenvalue weighted by Gasteiger charge is -2.29. The molecule has 0 bridgehead atoms. The number of ether oxygens (including phenoxy) is 4. The van der Waals surface area contributed by atoms with Gasteiger partial charge in [-0.2, -0.15) is 0 Å². The highest BCUT2D eigenvalue weighted by molar-refractivity contribution is 8.44. The van der Waals surface area contributed by atoms with Crippen LogP contribution in [0, 0.1) is 5.92 Å². The fourth-order valence-corrected chi connectivity index (χ4v) is 13.5. The second kappa shape index (κ2) is 29.3. The van der Waals surface area contributed by atoms with Gasteiger partial charge in [-0.3, -0.25) is 61.8 Å². The molecule has 0 radical (unpaired) electrons. The monoisotopic (exact) mass is 1400 g/mol. The number of hydrogen-bond donors (Lipinski definition) is 9. The maximum Gasteiger partial charge on any atom is 0.412 e. The van der Waals surface area contributed by atoms with Gasteiger partial charge in [0, 0.05) is 43.8 Å². The molecule has 42 heteroatoms. The van der Waals surface area contributed by atoms with Crippen molar-refractivity contribution in [1.29, 1.82) is 0 Å². The number of imide groups is 1. The first-order valence-electron chi connectivity index (χ1n) is 28.8. The van der Waals surface area contributed by atoms with Crippen molar-refractivity contribution >= 4 is 125 Å². The fourth-order valence-electron chi connectivity index (χ4n) is 10.6. The van der Waals surface area contributed by atoms with Gasteiger partial charge < -0.3 is 61.1 Å². The minimum Gasteiger partial charge on any atom is -0.447 e. The Morgan fingerprint density at radius 2 is 1.46 bits per heavy atom. The number of halogens is 3. The van der Waals surface area contributed by atoms with Gasteiger partial charge >= 0.3 is 31.7 Å². The number of nitrogens with two attached hydrogens (primary N) is 2. The third kappa shape index (κ3) is 16.2. The first-order chi connectivity index (χ1) is 44.7. The zero-order valence-corrected chi connectivity index (χ0v) is 53.0. The van der Waals surface area contributed by atoms with Crippen molar-refractivity contribution in [3.05, 3.63) is 67.3 Å². The van der Waals surface area contributed by atoms with Gasteiger partial charge in [0.15, 0.2) is 53.2 Å². The van der Waals surface area contributed by atoms with Crippen LogP contribution >= 0.6 is 25.8 Å². The van der Waals surface area contributed by atoms with E-state index >= 15 is 8.78 Å². The van der Waals surface area contributed by atoms with Crippen LogP contribution in [-0.2, 0) is 84.0 Å². The molecule has 94 heavy (non-hydrogen) atoms. The lowest BCUT2D eigenvalue weighted by atomic mass is 10.0. The van der Waals surface area contributed by atoms with Gasteiger partial charge in [-0.1, -0.05) is 38.2 Å². The summed E-state index contributed by atoms with van der Waals surface area (Å²) in [7, 11) is 0. The molecule has 10 N–H and O–H groups in total. The summed E-state index contributed by atoms with van der Waals surface area (Å²) in [6.45, 7) is -8.66. The predicted molar refractivity (Wildman–Crippen MR) is 324 cm³/mol. The van der Waals surface area contributed by atoms with Gasteiger partial charge in [-0.25, -0.2) is 62.0 Å². The van der Waals surface area contributed by atoms with Crippen LogP contribution in [0.25, 0.3) is 22.3 Å². The average molecular weight is 1400 g/mol. The number of urea groups is 1. The number of primary amides is 1. The third-order valence-electron chi connectivity index (χ3n) is 15.3. The summed E-state index contributed by atoms with van der Waals surface area (Å²) >= 11 is 9.29. The number of aromatic nitrogens is 8. The zero-order chi connectivity index (χ0) is 67.3. The van der Waals surface area contributed by atoms with Gasteiger partial charge in [0.25, 0.3) is 11.8 Å². The number of likely N-dealkylation sites (tertiary alicyclic amines) is 1. The van der Waals surface area contributed by atoms with E-state index in [0.717, 1.165) is 45.5 Å². The highest BCUT2D eigenvalue weighted by Crippen LogP contribution is 2.59. The molecule has 4 saturated heterocycles. The van der Waals surface area contributed by atoms with Crippen molar-refractivity contribution in [3.8, 4) is 0 Å². The molecule has 35 nitrogen and oxygen atoms in total. The number of benzene rings is 1. The summed E-state index contributed by atoms with van der Waals surface area (Å²) in [5, 5.41) is 12.7. The summed E-state index contributed by atoms with van der Waals surface area (Å²) in [6.07, 6.45) is -11.5. The van der Waals surface area contributed by atoms with E-state index in [2.05, 4.69) is 68.7 Å². The van der Waals surface area contributed by atoms with E-state index in [9.17, 15) is 52.2 Å². The van der Waals surface area contributed by atoms with Crippen molar-refractivity contribution in [2.75, 3.05) is 55.8 Å².